The lowest BCUT2D eigenvalue weighted by atomic mass is 10.1. The molecule has 0 fully saturated rings. The molecule has 1 aliphatic rings. The van der Waals surface area contributed by atoms with Gasteiger partial charge in [0.2, 0.25) is 0 Å². The lowest BCUT2D eigenvalue weighted by molar-refractivity contribution is 0.0889. The molecule has 0 amide bonds. The Morgan fingerprint density at radius 1 is 1.32 bits per heavy atom. The van der Waals surface area contributed by atoms with Crippen LogP contribution < -0.4 is 4.74 Å². The molecule has 3 rings (SSSR count). The van der Waals surface area contributed by atoms with Crippen LogP contribution in [-0.2, 0) is 19.4 Å². The van der Waals surface area contributed by atoms with E-state index < -0.39 is 6.10 Å². The molecule has 4 heteroatoms. The van der Waals surface area contributed by atoms with Gasteiger partial charge in [-0.25, -0.2) is 0 Å². The molecule has 0 radical (unpaired) electrons. The second-order valence-corrected chi connectivity index (χ2v) is 4.94. The molecule has 2 aromatic rings. The second kappa shape index (κ2) is 5.45. The molecule has 0 bridgehead atoms. The summed E-state index contributed by atoms with van der Waals surface area (Å²) in [7, 11) is 0. The van der Waals surface area contributed by atoms with Gasteiger partial charge in [-0.2, -0.15) is 5.10 Å². The van der Waals surface area contributed by atoms with Crippen LogP contribution in [0.25, 0.3) is 0 Å². The van der Waals surface area contributed by atoms with Crippen molar-refractivity contribution in [2.75, 3.05) is 6.61 Å². The number of aryl methyl sites for hydroxylation is 1. The van der Waals surface area contributed by atoms with Crippen molar-refractivity contribution < 1.29 is 9.84 Å². The highest BCUT2D eigenvalue weighted by molar-refractivity contribution is 5.42. The van der Waals surface area contributed by atoms with Crippen LogP contribution in [-0.4, -0.2) is 27.6 Å². The highest BCUT2D eigenvalue weighted by atomic mass is 16.5. The number of aromatic nitrogens is 2. The smallest absolute Gasteiger partial charge is 0.122 e. The van der Waals surface area contributed by atoms with E-state index in [0.717, 1.165) is 18.6 Å². The van der Waals surface area contributed by atoms with Crippen LogP contribution in [0.2, 0.25) is 0 Å². The Morgan fingerprint density at radius 2 is 2.26 bits per heavy atom. The molecule has 100 valence electrons. The standard InChI is InChI=1S/C15H18N2O2/c18-13(10-17-9-3-8-16-17)11-19-15-7-2-5-12-4-1-6-14(12)15/h2-3,5,7-9,13,18H,1,4,6,10-11H2. The molecule has 0 aliphatic heterocycles. The van der Waals surface area contributed by atoms with Crippen molar-refractivity contribution in [1.82, 2.24) is 9.78 Å². The molecule has 0 spiro atoms. The van der Waals surface area contributed by atoms with E-state index in [1.807, 2.05) is 24.4 Å². The van der Waals surface area contributed by atoms with E-state index in [1.54, 1.807) is 10.9 Å². The fourth-order valence-corrected chi connectivity index (χ4v) is 2.58. The van der Waals surface area contributed by atoms with Crippen molar-refractivity contribution in [1.29, 1.82) is 0 Å². The number of benzene rings is 1. The third-order valence-electron chi connectivity index (χ3n) is 3.49. The number of hydrogen-bond acceptors (Lipinski definition) is 3. The molecule has 4 nitrogen and oxygen atoms in total. The zero-order chi connectivity index (χ0) is 13.1. The minimum Gasteiger partial charge on any atom is -0.491 e. The average Bonchev–Trinajstić information content (AvgIpc) is 3.06. The number of aliphatic hydroxyl groups is 1. The van der Waals surface area contributed by atoms with E-state index in [0.29, 0.717) is 13.2 Å². The normalized spacial score (nSPS) is 15.2. The molecule has 1 unspecified atom stereocenters. The van der Waals surface area contributed by atoms with E-state index >= 15 is 0 Å². The molecule has 0 saturated heterocycles. The van der Waals surface area contributed by atoms with Crippen molar-refractivity contribution in [3.8, 4) is 5.75 Å². The van der Waals surface area contributed by atoms with Gasteiger partial charge in [-0.05, 0) is 42.5 Å². The maximum absolute atomic E-state index is 9.94. The number of aliphatic hydroxyl groups excluding tert-OH is 1. The SMILES string of the molecule is OC(COc1cccc2c1CCC2)Cn1cccn1. The zero-order valence-electron chi connectivity index (χ0n) is 10.8. The summed E-state index contributed by atoms with van der Waals surface area (Å²) < 4.78 is 7.48. The summed E-state index contributed by atoms with van der Waals surface area (Å²) in [6.45, 7) is 0.762. The second-order valence-electron chi connectivity index (χ2n) is 4.94. The average molecular weight is 258 g/mol. The zero-order valence-corrected chi connectivity index (χ0v) is 10.8. The number of fused-ring (bicyclic) bond motifs is 1. The molecule has 19 heavy (non-hydrogen) atoms. The lowest BCUT2D eigenvalue weighted by Gasteiger charge is -2.14. The van der Waals surface area contributed by atoms with E-state index in [4.69, 9.17) is 4.74 Å². The van der Waals surface area contributed by atoms with Gasteiger partial charge in [-0.3, -0.25) is 4.68 Å². The van der Waals surface area contributed by atoms with Crippen molar-refractivity contribution in [2.45, 2.75) is 31.9 Å². The van der Waals surface area contributed by atoms with Crippen LogP contribution in [0.1, 0.15) is 17.5 Å². The largest absolute Gasteiger partial charge is 0.491 e. The Labute approximate surface area is 112 Å². The molecular formula is C15H18N2O2. The van der Waals surface area contributed by atoms with Gasteiger partial charge in [0, 0.05) is 12.4 Å². The molecular weight excluding hydrogens is 240 g/mol. The van der Waals surface area contributed by atoms with Crippen LogP contribution in [0.15, 0.2) is 36.7 Å². The molecule has 1 heterocycles. The van der Waals surface area contributed by atoms with Crippen LogP contribution >= 0.6 is 0 Å². The van der Waals surface area contributed by atoms with Gasteiger partial charge >= 0.3 is 0 Å². The molecule has 1 N–H and O–H groups in total. The Balaban J connectivity index is 1.59. The first-order valence-corrected chi connectivity index (χ1v) is 6.72. The van der Waals surface area contributed by atoms with Crippen molar-refractivity contribution in [3.05, 3.63) is 47.8 Å². The van der Waals surface area contributed by atoms with E-state index in [2.05, 4.69) is 11.2 Å². The fraction of sp³-hybridized carbons (Fsp3) is 0.400. The van der Waals surface area contributed by atoms with Crippen LogP contribution in [0.5, 0.6) is 5.75 Å². The van der Waals surface area contributed by atoms with E-state index in [9.17, 15) is 5.11 Å². The first-order valence-electron chi connectivity index (χ1n) is 6.72. The van der Waals surface area contributed by atoms with Crippen LogP contribution in [0.3, 0.4) is 0 Å². The molecule has 1 aromatic heterocycles. The van der Waals surface area contributed by atoms with Gasteiger partial charge in [0.15, 0.2) is 0 Å². The van der Waals surface area contributed by atoms with Crippen LogP contribution in [0.4, 0.5) is 0 Å². The summed E-state index contributed by atoms with van der Waals surface area (Å²) in [6, 6.07) is 8.02. The number of hydrogen-bond donors (Lipinski definition) is 1. The van der Waals surface area contributed by atoms with Gasteiger partial charge in [-0.15, -0.1) is 0 Å². The predicted octanol–water partition coefficient (Wildman–Crippen LogP) is 1.81. The topological polar surface area (TPSA) is 47.3 Å². The number of nitrogens with zero attached hydrogens (tertiary/aromatic N) is 2. The van der Waals surface area contributed by atoms with E-state index in [-0.39, 0.29) is 0 Å². The quantitative estimate of drug-likeness (QED) is 0.889. The van der Waals surface area contributed by atoms with Gasteiger partial charge < -0.3 is 9.84 Å². The predicted molar refractivity (Wildman–Crippen MR) is 72.2 cm³/mol. The summed E-state index contributed by atoms with van der Waals surface area (Å²) in [5.74, 6) is 0.925. The highest BCUT2D eigenvalue weighted by Crippen LogP contribution is 2.30. The summed E-state index contributed by atoms with van der Waals surface area (Å²) in [6.07, 6.45) is 6.42. The fourth-order valence-electron chi connectivity index (χ4n) is 2.58. The van der Waals surface area contributed by atoms with Crippen molar-refractivity contribution in [3.63, 3.8) is 0 Å². The van der Waals surface area contributed by atoms with Gasteiger partial charge in [-0.1, -0.05) is 12.1 Å². The third kappa shape index (κ3) is 2.79. The molecule has 1 aromatic carbocycles. The maximum atomic E-state index is 9.94. The minimum atomic E-state index is -0.544. The van der Waals surface area contributed by atoms with Crippen molar-refractivity contribution in [2.24, 2.45) is 0 Å². The van der Waals surface area contributed by atoms with Gasteiger partial charge in [0.1, 0.15) is 18.5 Å². The molecule has 0 saturated carbocycles. The van der Waals surface area contributed by atoms with Crippen LogP contribution in [0, 0.1) is 0 Å². The van der Waals surface area contributed by atoms with Gasteiger partial charge in [0.05, 0.1) is 6.54 Å². The lowest BCUT2D eigenvalue weighted by Crippen LogP contribution is -2.24. The van der Waals surface area contributed by atoms with Gasteiger partial charge in [0.25, 0.3) is 0 Å². The summed E-state index contributed by atoms with van der Waals surface area (Å²) in [5.41, 5.74) is 2.70. The Hall–Kier alpha value is -1.81. The number of ether oxygens (including phenoxy) is 1. The van der Waals surface area contributed by atoms with E-state index in [1.165, 1.54) is 17.5 Å². The monoisotopic (exact) mass is 258 g/mol. The minimum absolute atomic E-state index is 0.302. The number of rotatable bonds is 5. The first kappa shape index (κ1) is 12.2. The summed E-state index contributed by atoms with van der Waals surface area (Å²) in [4.78, 5) is 0. The summed E-state index contributed by atoms with van der Waals surface area (Å²) in [5, 5.41) is 14.0. The maximum Gasteiger partial charge on any atom is 0.122 e. The summed E-state index contributed by atoms with van der Waals surface area (Å²) >= 11 is 0. The molecule has 1 atom stereocenters. The Bertz CT molecular complexity index is 537. The molecule has 1 aliphatic carbocycles. The Kier molecular flexibility index (Phi) is 3.51. The Morgan fingerprint density at radius 3 is 3.11 bits per heavy atom. The highest BCUT2D eigenvalue weighted by Gasteiger charge is 2.16. The van der Waals surface area contributed by atoms with Crippen molar-refractivity contribution >= 4 is 0 Å². The first-order chi connectivity index (χ1) is 9.33. The third-order valence-corrected chi connectivity index (χ3v) is 3.49.